The average molecular weight is 1220 g/mol. The molecule has 11 N–H and O–H groups in total. The minimum absolute atomic E-state index is 0.0502. The van der Waals surface area contributed by atoms with Crippen LogP contribution in [0.1, 0.15) is 70.8 Å². The van der Waals surface area contributed by atoms with Crippen LogP contribution in [0.15, 0.2) is 24.3 Å². The lowest BCUT2D eigenvalue weighted by Crippen LogP contribution is -2.57. The largest absolute Gasteiger partial charge is 0.481 e. The van der Waals surface area contributed by atoms with Gasteiger partial charge in [-0.25, -0.2) is 4.79 Å². The molecular formula is C56H100N8O21. The maximum absolute atomic E-state index is 13.6. The van der Waals surface area contributed by atoms with Gasteiger partial charge >= 0.3 is 12.0 Å². The molecule has 0 aliphatic rings. The number of nitrogens with two attached hydrogens (primary N) is 1. The topological polar surface area (TPSA) is 381 Å². The number of ether oxygens (including phenoxy) is 12. The third-order valence-electron chi connectivity index (χ3n) is 11.9. The van der Waals surface area contributed by atoms with E-state index in [-0.39, 0.29) is 69.1 Å². The van der Waals surface area contributed by atoms with Crippen molar-refractivity contribution in [1.29, 1.82) is 0 Å². The molecule has 3 atom stereocenters. The van der Waals surface area contributed by atoms with Crippen molar-refractivity contribution < 1.29 is 101 Å². The molecule has 29 nitrogen and oxygen atoms in total. The highest BCUT2D eigenvalue weighted by molar-refractivity contribution is 5.98. The average Bonchev–Trinajstić information content (AvgIpc) is 3.51. The lowest BCUT2D eigenvalue weighted by molar-refractivity contribution is -0.138. The number of amides is 7. The Morgan fingerprint density at radius 1 is 0.447 bits per heavy atom. The molecule has 0 aliphatic carbocycles. The Hall–Kier alpha value is -5.25. The number of primary amides is 1. The minimum Gasteiger partial charge on any atom is -0.481 e. The molecule has 7 amide bonds. The number of nitrogens with one attached hydrogen (secondary N) is 7. The molecule has 0 heterocycles. The summed E-state index contributed by atoms with van der Waals surface area (Å²) >= 11 is 0. The summed E-state index contributed by atoms with van der Waals surface area (Å²) in [5.41, 5.74) is 6.30. The van der Waals surface area contributed by atoms with E-state index in [4.69, 9.17) is 67.7 Å². The van der Waals surface area contributed by atoms with Gasteiger partial charge in [0, 0.05) is 38.2 Å². The van der Waals surface area contributed by atoms with Gasteiger partial charge in [-0.2, -0.15) is 0 Å². The number of rotatable bonds is 60. The van der Waals surface area contributed by atoms with Gasteiger partial charge in [-0.15, -0.1) is 0 Å². The molecule has 1 aromatic carbocycles. The van der Waals surface area contributed by atoms with E-state index in [1.54, 1.807) is 45.2 Å². The highest BCUT2D eigenvalue weighted by Crippen LogP contribution is 2.13. The minimum atomic E-state index is -1.01. The Morgan fingerprint density at radius 2 is 0.847 bits per heavy atom. The van der Waals surface area contributed by atoms with Crippen LogP contribution in [0.3, 0.4) is 0 Å². The van der Waals surface area contributed by atoms with E-state index < -0.39 is 41.9 Å². The number of hydrogen-bond donors (Lipinski definition) is 10. The van der Waals surface area contributed by atoms with Crippen molar-refractivity contribution >= 4 is 47.2 Å². The number of likely N-dealkylation sites (N-methyl/N-ethyl adjacent to an activating group) is 1. The zero-order chi connectivity index (χ0) is 62.2. The first-order valence-electron chi connectivity index (χ1n) is 29.3. The van der Waals surface area contributed by atoms with Crippen molar-refractivity contribution in [1.82, 2.24) is 31.9 Å². The van der Waals surface area contributed by atoms with Crippen molar-refractivity contribution in [2.24, 2.45) is 11.7 Å². The van der Waals surface area contributed by atoms with Gasteiger partial charge in [-0.1, -0.05) is 26.0 Å². The second-order valence-electron chi connectivity index (χ2n) is 19.1. The van der Waals surface area contributed by atoms with Crippen molar-refractivity contribution in [3.05, 3.63) is 29.8 Å². The van der Waals surface area contributed by atoms with E-state index in [1.807, 2.05) is 0 Å². The summed E-state index contributed by atoms with van der Waals surface area (Å²) in [7, 11) is 1.65. The standard InChI is InChI=1S/C56H100N8O21/c1-44(2)52(55(72)63-48(8-6-17-61-56(57)73)54(71)62-46-11-9-45(43-65)10-12-46)64-53(70)47(58-3)7-4-5-16-59-50(67)15-19-74-21-23-76-25-27-78-29-31-80-33-35-82-37-39-84-41-42-85-40-38-83-36-34-81-32-30-79-28-26-77-24-22-75-20-18-60-49(66)13-14-51(68)69/h9-12,44,47-48,52,58,65H,4-8,13-43H2,1-3H3,(H,59,67)(H,60,66)(H,62,71)(H,63,72)(H,64,70)(H,68,69)(H3,57,61,73)/t47-,48-,52-/m0/s1. The summed E-state index contributed by atoms with van der Waals surface area (Å²) < 4.78 is 65.7. The number of aliphatic hydroxyl groups is 1. The molecule has 1 aromatic rings. The molecule has 0 spiro atoms. The van der Waals surface area contributed by atoms with Crippen molar-refractivity contribution in [2.75, 3.05) is 191 Å². The Kier molecular flexibility index (Phi) is 50.6. The van der Waals surface area contributed by atoms with Gasteiger partial charge in [-0.05, 0) is 62.8 Å². The fourth-order valence-electron chi connectivity index (χ4n) is 7.21. The maximum atomic E-state index is 13.6. The van der Waals surface area contributed by atoms with Crippen LogP contribution in [-0.4, -0.2) is 255 Å². The highest BCUT2D eigenvalue weighted by Gasteiger charge is 2.30. The zero-order valence-electron chi connectivity index (χ0n) is 50.3. The van der Waals surface area contributed by atoms with Gasteiger partial charge in [0.15, 0.2) is 0 Å². The Balaban J connectivity index is 1.94. The third kappa shape index (κ3) is 47.6. The number of aliphatic hydroxyl groups excluding tert-OH is 1. The fourth-order valence-corrected chi connectivity index (χ4v) is 7.21. The van der Waals surface area contributed by atoms with Crippen LogP contribution in [0.2, 0.25) is 0 Å². The van der Waals surface area contributed by atoms with Crippen LogP contribution in [0.25, 0.3) is 0 Å². The molecule has 0 fully saturated rings. The highest BCUT2D eigenvalue weighted by atomic mass is 16.6. The molecule has 85 heavy (non-hydrogen) atoms. The van der Waals surface area contributed by atoms with E-state index in [0.717, 1.165) is 0 Å². The predicted octanol–water partition coefficient (Wildman–Crippen LogP) is -0.364. The van der Waals surface area contributed by atoms with Crippen LogP contribution < -0.4 is 43.0 Å². The molecule has 0 saturated carbocycles. The molecule has 0 aliphatic heterocycles. The Bertz CT molecular complexity index is 1880. The first-order chi connectivity index (χ1) is 41.3. The molecule has 1 rings (SSSR count). The van der Waals surface area contributed by atoms with E-state index in [0.29, 0.717) is 202 Å². The molecule has 0 bridgehead atoms. The Morgan fingerprint density at radius 3 is 1.26 bits per heavy atom. The normalized spacial score (nSPS) is 12.3. The lowest BCUT2D eigenvalue weighted by Gasteiger charge is -2.27. The van der Waals surface area contributed by atoms with Crippen LogP contribution in [0, 0.1) is 5.92 Å². The third-order valence-corrected chi connectivity index (χ3v) is 11.9. The summed E-state index contributed by atoms with van der Waals surface area (Å²) in [5.74, 6) is -3.22. The first kappa shape index (κ1) is 77.8. The molecule has 0 radical (unpaired) electrons. The van der Waals surface area contributed by atoms with Crippen molar-refractivity contribution in [3.63, 3.8) is 0 Å². The number of anilines is 1. The summed E-state index contributed by atoms with van der Waals surface area (Å²) in [6, 6.07) is 3.32. The van der Waals surface area contributed by atoms with Crippen LogP contribution in [0.4, 0.5) is 10.5 Å². The van der Waals surface area contributed by atoms with Crippen LogP contribution in [0.5, 0.6) is 0 Å². The van der Waals surface area contributed by atoms with E-state index in [9.17, 15) is 38.7 Å². The number of carbonyl (C=O) groups excluding carboxylic acids is 6. The number of aliphatic carboxylic acids is 1. The summed E-state index contributed by atoms with van der Waals surface area (Å²) in [4.78, 5) is 85.6. The SMILES string of the molecule is CN[C@@H](CCCCNC(=O)CCOCCOCCOCCOCCOCCOCCOCCOCCOCCOCCOCCOCCNC(=O)CCC(=O)O)C(=O)N[C@H](C(=O)N[C@@H](CCCNC(N)=O)C(=O)Nc1ccc(CO)cc1)C(C)C. The second kappa shape index (κ2) is 55.3. The molecule has 29 heteroatoms. The van der Waals surface area contributed by atoms with E-state index in [1.165, 1.54) is 0 Å². The molecule has 0 saturated heterocycles. The summed E-state index contributed by atoms with van der Waals surface area (Å²) in [6.07, 6.45) is 2.13. The number of carboxylic acids is 1. The number of unbranched alkanes of at least 4 members (excludes halogenated alkanes) is 1. The number of hydrogen-bond acceptors (Lipinski definition) is 21. The van der Waals surface area contributed by atoms with Gasteiger partial charge < -0.3 is 110 Å². The van der Waals surface area contributed by atoms with Gasteiger partial charge in [0.25, 0.3) is 0 Å². The van der Waals surface area contributed by atoms with E-state index in [2.05, 4.69) is 37.2 Å². The zero-order valence-corrected chi connectivity index (χ0v) is 50.3. The number of carboxylic acid groups (broad SMARTS) is 1. The molecule has 490 valence electrons. The van der Waals surface area contributed by atoms with E-state index >= 15 is 0 Å². The maximum Gasteiger partial charge on any atom is 0.312 e. The smallest absolute Gasteiger partial charge is 0.312 e. The Labute approximate surface area is 500 Å². The molecule has 0 unspecified atom stereocenters. The molecule has 0 aromatic heterocycles. The van der Waals surface area contributed by atoms with Gasteiger partial charge in [0.05, 0.1) is 178 Å². The predicted molar refractivity (Wildman–Crippen MR) is 311 cm³/mol. The quantitative estimate of drug-likeness (QED) is 0.0372. The number of benzene rings is 1. The monoisotopic (exact) mass is 1220 g/mol. The van der Waals surface area contributed by atoms with Crippen LogP contribution in [-0.2, 0) is 92.2 Å². The number of carbonyl (C=O) groups is 7. The second-order valence-corrected chi connectivity index (χ2v) is 19.1. The van der Waals surface area contributed by atoms with Gasteiger partial charge in [0.1, 0.15) is 12.1 Å². The van der Waals surface area contributed by atoms with Gasteiger partial charge in [0.2, 0.25) is 29.5 Å². The van der Waals surface area contributed by atoms with Crippen molar-refractivity contribution in [2.45, 2.75) is 89.9 Å². The summed E-state index contributed by atoms with van der Waals surface area (Å²) in [5, 5.41) is 37.2. The molecular weight excluding hydrogens is 1120 g/mol. The first-order valence-corrected chi connectivity index (χ1v) is 29.3. The lowest BCUT2D eigenvalue weighted by atomic mass is 10.0. The number of urea groups is 1. The summed E-state index contributed by atoms with van der Waals surface area (Å²) in [6.45, 7) is 14.1. The fraction of sp³-hybridized carbons (Fsp3) is 0.768. The van der Waals surface area contributed by atoms with Crippen LogP contribution >= 0.6 is 0 Å². The van der Waals surface area contributed by atoms with Crippen molar-refractivity contribution in [3.8, 4) is 0 Å². The van der Waals surface area contributed by atoms with Gasteiger partial charge in [-0.3, -0.25) is 28.8 Å².